The molecule has 3 atom stereocenters. The highest BCUT2D eigenvalue weighted by Crippen LogP contribution is 2.47. The number of para-hydroxylation sites is 1. The number of aromatic nitrogens is 3. The Kier molecular flexibility index (Phi) is 4.18. The molecule has 0 saturated heterocycles. The number of methoxy groups -OCH3 is 1. The number of nitrogens with zero attached hydrogens (tertiary/aromatic N) is 4. The van der Waals surface area contributed by atoms with Gasteiger partial charge in [-0.1, -0.05) is 29.5 Å². The van der Waals surface area contributed by atoms with Gasteiger partial charge in [0.15, 0.2) is 4.80 Å². The molecule has 2 aromatic heterocycles. The first kappa shape index (κ1) is 18.8. The summed E-state index contributed by atoms with van der Waals surface area (Å²) in [6.07, 6.45) is 5.41. The van der Waals surface area contributed by atoms with Crippen molar-refractivity contribution >= 4 is 23.4 Å². The molecule has 8 nitrogen and oxygen atoms in total. The average molecular weight is 424 g/mol. The second-order valence-electron chi connectivity index (χ2n) is 7.45. The van der Waals surface area contributed by atoms with Crippen molar-refractivity contribution in [2.75, 3.05) is 7.11 Å². The molecular formula is C21H20N4O4S. The highest BCUT2D eigenvalue weighted by molar-refractivity contribution is 7.07. The van der Waals surface area contributed by atoms with Crippen LogP contribution in [0.5, 0.6) is 5.75 Å². The Morgan fingerprint density at radius 1 is 1.40 bits per heavy atom. The second kappa shape index (κ2) is 6.66. The summed E-state index contributed by atoms with van der Waals surface area (Å²) in [5, 5.41) is 4.26. The van der Waals surface area contributed by atoms with E-state index in [1.165, 1.54) is 18.4 Å². The van der Waals surface area contributed by atoms with Gasteiger partial charge < -0.3 is 9.47 Å². The summed E-state index contributed by atoms with van der Waals surface area (Å²) in [5.41, 5.74) is 0.254. The lowest BCUT2D eigenvalue weighted by atomic mass is 9.81. The lowest BCUT2D eigenvalue weighted by Crippen LogP contribution is -2.58. The molecule has 4 heterocycles. The van der Waals surface area contributed by atoms with Gasteiger partial charge in [0.1, 0.15) is 11.7 Å². The van der Waals surface area contributed by atoms with Gasteiger partial charge in [-0.05, 0) is 26.0 Å². The molecule has 0 saturated carbocycles. The minimum absolute atomic E-state index is 0.194. The minimum Gasteiger partial charge on any atom is -0.469 e. The lowest BCUT2D eigenvalue weighted by Gasteiger charge is -2.44. The summed E-state index contributed by atoms with van der Waals surface area (Å²) in [6.45, 7) is 4.51. The highest BCUT2D eigenvalue weighted by Gasteiger charge is 2.55. The number of hydrogen-bond acceptors (Lipinski definition) is 7. The van der Waals surface area contributed by atoms with E-state index in [9.17, 15) is 9.59 Å². The highest BCUT2D eigenvalue weighted by atomic mass is 32.1. The number of thiazole rings is 1. The molecule has 2 aliphatic rings. The molecular weight excluding hydrogens is 404 g/mol. The van der Waals surface area contributed by atoms with Crippen LogP contribution in [0.15, 0.2) is 46.4 Å². The van der Waals surface area contributed by atoms with Crippen LogP contribution in [0.1, 0.15) is 31.0 Å². The van der Waals surface area contributed by atoms with E-state index in [0.717, 1.165) is 17.7 Å². The summed E-state index contributed by atoms with van der Waals surface area (Å²) >= 11 is 1.28. The number of aryl methyl sites for hydroxylation is 1. The number of carbonyl (C=O) groups is 1. The van der Waals surface area contributed by atoms with E-state index < -0.39 is 23.7 Å². The van der Waals surface area contributed by atoms with Gasteiger partial charge in [0.05, 0.1) is 23.9 Å². The van der Waals surface area contributed by atoms with E-state index in [2.05, 4.69) is 5.10 Å². The van der Waals surface area contributed by atoms with Gasteiger partial charge in [-0.3, -0.25) is 18.8 Å². The molecule has 0 unspecified atom stereocenters. The average Bonchev–Trinajstić information content (AvgIpc) is 3.30. The third-order valence-electron chi connectivity index (χ3n) is 5.61. The Morgan fingerprint density at radius 3 is 2.93 bits per heavy atom. The molecule has 154 valence electrons. The first-order valence-corrected chi connectivity index (χ1v) is 10.5. The Labute approximate surface area is 175 Å². The fourth-order valence-electron chi connectivity index (χ4n) is 4.21. The van der Waals surface area contributed by atoms with Crippen molar-refractivity contribution in [2.24, 2.45) is 10.9 Å². The van der Waals surface area contributed by atoms with E-state index in [1.807, 2.05) is 37.4 Å². The number of hydrogen-bond donors (Lipinski definition) is 0. The van der Waals surface area contributed by atoms with Crippen molar-refractivity contribution < 1.29 is 14.3 Å². The van der Waals surface area contributed by atoms with Crippen molar-refractivity contribution in [1.29, 1.82) is 0 Å². The molecule has 0 amide bonds. The van der Waals surface area contributed by atoms with Gasteiger partial charge in [-0.2, -0.15) is 5.10 Å². The molecule has 3 aromatic rings. The lowest BCUT2D eigenvalue weighted by molar-refractivity contribution is -0.158. The van der Waals surface area contributed by atoms with Gasteiger partial charge in [-0.15, -0.1) is 0 Å². The van der Waals surface area contributed by atoms with Gasteiger partial charge in [0.25, 0.3) is 5.56 Å². The van der Waals surface area contributed by atoms with Crippen molar-refractivity contribution in [3.63, 3.8) is 0 Å². The zero-order valence-corrected chi connectivity index (χ0v) is 17.5. The first-order chi connectivity index (χ1) is 14.4. The normalized spacial score (nSPS) is 24.4. The molecule has 2 bridgehead atoms. The Hall–Kier alpha value is -3.20. The number of fused-ring (bicyclic) bond motifs is 6. The SMILES string of the molecule is CCn1cc(/C=c2\sc3n(c2=O)[C@H]2c4ccccc4O[C@@](C)(N=3)[C@H]2C(=O)OC)cn1. The standard InChI is InChI=1S/C21H20N4O4S/c1-4-24-11-12(10-22-24)9-15-18(26)25-17-13-7-5-6-8-14(13)29-21(2,23-20(25)30-15)16(17)19(27)28-3/h5-11,16-17H,4H2,1-3H3/b15-9-/t16-,17+,21-/m1/s1. The van der Waals surface area contributed by atoms with Gasteiger partial charge in [-0.25, -0.2) is 4.99 Å². The van der Waals surface area contributed by atoms with Crippen LogP contribution in [0.2, 0.25) is 0 Å². The maximum atomic E-state index is 13.4. The van der Waals surface area contributed by atoms with E-state index in [1.54, 1.807) is 28.4 Å². The maximum absolute atomic E-state index is 13.4. The Balaban J connectivity index is 1.77. The molecule has 1 aromatic carbocycles. The van der Waals surface area contributed by atoms with Crippen LogP contribution in [0.3, 0.4) is 0 Å². The topological polar surface area (TPSA) is 87.7 Å². The van der Waals surface area contributed by atoms with Crippen LogP contribution in [0.25, 0.3) is 6.08 Å². The number of ether oxygens (including phenoxy) is 2. The quantitative estimate of drug-likeness (QED) is 0.587. The van der Waals surface area contributed by atoms with Gasteiger partial charge >= 0.3 is 5.97 Å². The van der Waals surface area contributed by atoms with Crippen LogP contribution >= 0.6 is 11.3 Å². The fourth-order valence-corrected chi connectivity index (χ4v) is 5.31. The van der Waals surface area contributed by atoms with Crippen LogP contribution in [-0.2, 0) is 16.1 Å². The number of benzene rings is 1. The summed E-state index contributed by atoms with van der Waals surface area (Å²) < 4.78 is 15.2. The van der Waals surface area contributed by atoms with Crippen LogP contribution in [0.4, 0.5) is 0 Å². The largest absolute Gasteiger partial charge is 0.469 e. The molecule has 0 aliphatic carbocycles. The van der Waals surface area contributed by atoms with E-state index in [-0.39, 0.29) is 5.56 Å². The first-order valence-electron chi connectivity index (χ1n) is 9.66. The monoisotopic (exact) mass is 424 g/mol. The molecule has 2 aliphatic heterocycles. The summed E-state index contributed by atoms with van der Waals surface area (Å²) in [4.78, 5) is 31.4. The molecule has 30 heavy (non-hydrogen) atoms. The number of rotatable bonds is 3. The number of carbonyl (C=O) groups excluding carboxylic acids is 1. The van der Waals surface area contributed by atoms with E-state index in [0.29, 0.717) is 15.1 Å². The Morgan fingerprint density at radius 2 is 2.20 bits per heavy atom. The fraction of sp³-hybridized carbons (Fsp3) is 0.333. The van der Waals surface area contributed by atoms with Gasteiger partial charge in [0.2, 0.25) is 5.72 Å². The van der Waals surface area contributed by atoms with Crippen molar-refractivity contribution in [3.05, 3.63) is 67.5 Å². The Bertz CT molecular complexity index is 1340. The summed E-state index contributed by atoms with van der Waals surface area (Å²) in [6, 6.07) is 6.89. The summed E-state index contributed by atoms with van der Waals surface area (Å²) in [5.74, 6) is -0.612. The molecule has 5 rings (SSSR count). The van der Waals surface area contributed by atoms with E-state index in [4.69, 9.17) is 14.5 Å². The summed E-state index contributed by atoms with van der Waals surface area (Å²) in [7, 11) is 1.34. The maximum Gasteiger partial charge on any atom is 0.317 e. The predicted octanol–water partition coefficient (Wildman–Crippen LogP) is 1.08. The second-order valence-corrected chi connectivity index (χ2v) is 8.46. The minimum atomic E-state index is -1.16. The van der Waals surface area contributed by atoms with Crippen molar-refractivity contribution in [1.82, 2.24) is 14.3 Å². The molecule has 0 N–H and O–H groups in total. The molecule has 0 radical (unpaired) electrons. The third-order valence-corrected chi connectivity index (χ3v) is 6.59. The molecule has 9 heteroatoms. The molecule has 0 spiro atoms. The van der Waals surface area contributed by atoms with E-state index >= 15 is 0 Å². The van der Waals surface area contributed by atoms with Crippen molar-refractivity contribution in [2.45, 2.75) is 32.2 Å². The van der Waals surface area contributed by atoms with Crippen LogP contribution in [-0.4, -0.2) is 33.2 Å². The smallest absolute Gasteiger partial charge is 0.317 e. The molecule has 0 fully saturated rings. The zero-order valence-electron chi connectivity index (χ0n) is 16.7. The predicted molar refractivity (Wildman–Crippen MR) is 110 cm³/mol. The third kappa shape index (κ3) is 2.65. The van der Waals surface area contributed by atoms with Crippen LogP contribution < -0.4 is 19.6 Å². The van der Waals surface area contributed by atoms with Crippen molar-refractivity contribution in [3.8, 4) is 5.75 Å². The zero-order chi connectivity index (χ0) is 21.0. The number of esters is 1. The van der Waals surface area contributed by atoms with Gasteiger partial charge in [0, 0.05) is 23.9 Å². The van der Waals surface area contributed by atoms with Crippen LogP contribution in [0, 0.1) is 5.92 Å².